The van der Waals surface area contributed by atoms with Crippen LogP contribution in [-0.2, 0) is 9.53 Å². The lowest BCUT2D eigenvalue weighted by Gasteiger charge is -2.18. The smallest absolute Gasteiger partial charge is 0.249 e. The second-order valence-electron chi connectivity index (χ2n) is 3.82. The Balaban J connectivity index is 2.10. The van der Waals surface area contributed by atoms with Crippen LogP contribution in [0.3, 0.4) is 0 Å². The lowest BCUT2D eigenvalue weighted by atomic mass is 10.2. The first-order valence-corrected chi connectivity index (χ1v) is 5.89. The summed E-state index contributed by atoms with van der Waals surface area (Å²) in [5.41, 5.74) is 0. The van der Waals surface area contributed by atoms with Crippen LogP contribution in [0.5, 0.6) is 0 Å². The van der Waals surface area contributed by atoms with Crippen molar-refractivity contribution in [3.8, 4) is 0 Å². The van der Waals surface area contributed by atoms with Crippen molar-refractivity contribution in [2.24, 2.45) is 0 Å². The Morgan fingerprint density at radius 1 is 1.47 bits per heavy atom. The molecule has 1 aliphatic rings. The molecule has 4 nitrogen and oxygen atoms in total. The van der Waals surface area contributed by atoms with Crippen molar-refractivity contribution in [3.05, 3.63) is 0 Å². The molecule has 1 heterocycles. The summed E-state index contributed by atoms with van der Waals surface area (Å²) in [6.45, 7) is 8.70. The molecule has 0 spiro atoms. The number of nitrogens with one attached hydrogen (secondary N) is 1. The van der Waals surface area contributed by atoms with Gasteiger partial charge in [0.15, 0.2) is 0 Å². The predicted molar refractivity (Wildman–Crippen MR) is 59.8 cm³/mol. The normalized spacial score (nSPS) is 20.9. The fourth-order valence-corrected chi connectivity index (χ4v) is 1.78. The maximum Gasteiger partial charge on any atom is 0.249 e. The van der Waals surface area contributed by atoms with E-state index in [9.17, 15) is 4.79 Å². The van der Waals surface area contributed by atoms with Crippen molar-refractivity contribution in [3.63, 3.8) is 0 Å². The largest absolute Gasteiger partial charge is 0.368 e. The number of likely N-dealkylation sites (N-methyl/N-ethyl adjacent to an activating group) is 1. The second kappa shape index (κ2) is 6.80. The van der Waals surface area contributed by atoms with Gasteiger partial charge in [-0.05, 0) is 25.9 Å². The van der Waals surface area contributed by atoms with Gasteiger partial charge in [-0.3, -0.25) is 4.79 Å². The predicted octanol–water partition coefficient (Wildman–Crippen LogP) is 0.623. The average Bonchev–Trinajstić information content (AvgIpc) is 2.77. The van der Waals surface area contributed by atoms with Gasteiger partial charge >= 0.3 is 0 Å². The Labute approximate surface area is 92.0 Å². The zero-order chi connectivity index (χ0) is 11.1. The van der Waals surface area contributed by atoms with Crippen molar-refractivity contribution in [1.82, 2.24) is 10.2 Å². The Hall–Kier alpha value is -0.610. The van der Waals surface area contributed by atoms with Crippen molar-refractivity contribution < 1.29 is 9.53 Å². The van der Waals surface area contributed by atoms with Gasteiger partial charge in [0.1, 0.15) is 6.10 Å². The first-order chi connectivity index (χ1) is 7.27. The highest BCUT2D eigenvalue weighted by atomic mass is 16.5. The molecule has 1 amide bonds. The van der Waals surface area contributed by atoms with Gasteiger partial charge in [0.05, 0.1) is 0 Å². The van der Waals surface area contributed by atoms with Gasteiger partial charge in [0, 0.05) is 19.7 Å². The standard InChI is InChI=1S/C11H22N2O2/c1-3-13(4-2)8-7-12-11(14)10-6-5-9-15-10/h10H,3-9H2,1-2H3,(H,12,14)/t10-/m1/s1. The molecule has 15 heavy (non-hydrogen) atoms. The minimum atomic E-state index is -0.193. The Kier molecular flexibility index (Phi) is 5.65. The molecule has 0 unspecified atom stereocenters. The summed E-state index contributed by atoms with van der Waals surface area (Å²) in [4.78, 5) is 13.8. The maximum atomic E-state index is 11.5. The van der Waals surface area contributed by atoms with Gasteiger partial charge in [0.2, 0.25) is 5.91 Å². The van der Waals surface area contributed by atoms with E-state index < -0.39 is 0 Å². The van der Waals surface area contributed by atoms with E-state index >= 15 is 0 Å². The number of rotatable bonds is 6. The van der Waals surface area contributed by atoms with Gasteiger partial charge in [0.25, 0.3) is 0 Å². The van der Waals surface area contributed by atoms with E-state index in [0.29, 0.717) is 0 Å². The number of hydrogen-bond acceptors (Lipinski definition) is 3. The van der Waals surface area contributed by atoms with Gasteiger partial charge in [-0.15, -0.1) is 0 Å². The van der Waals surface area contributed by atoms with Gasteiger partial charge in [-0.1, -0.05) is 13.8 Å². The van der Waals surface area contributed by atoms with E-state index in [1.54, 1.807) is 0 Å². The van der Waals surface area contributed by atoms with Crippen LogP contribution in [0.25, 0.3) is 0 Å². The highest BCUT2D eigenvalue weighted by Crippen LogP contribution is 2.11. The van der Waals surface area contributed by atoms with Crippen molar-refractivity contribution in [2.45, 2.75) is 32.8 Å². The Bertz CT molecular complexity index is 187. The molecule has 0 aliphatic carbocycles. The lowest BCUT2D eigenvalue weighted by Crippen LogP contribution is -2.39. The second-order valence-corrected chi connectivity index (χ2v) is 3.82. The van der Waals surface area contributed by atoms with Gasteiger partial charge < -0.3 is 15.0 Å². The first-order valence-electron chi connectivity index (χ1n) is 5.89. The third kappa shape index (κ3) is 4.18. The molecular weight excluding hydrogens is 192 g/mol. The van der Waals surface area contributed by atoms with Crippen LogP contribution in [0.15, 0.2) is 0 Å². The monoisotopic (exact) mass is 214 g/mol. The molecule has 1 rings (SSSR count). The molecule has 88 valence electrons. The SMILES string of the molecule is CCN(CC)CCNC(=O)[C@H]1CCCO1. The van der Waals surface area contributed by atoms with E-state index in [4.69, 9.17) is 4.74 Å². The number of amides is 1. The van der Waals surface area contributed by atoms with Crippen LogP contribution in [-0.4, -0.2) is 49.7 Å². The van der Waals surface area contributed by atoms with Crippen molar-refractivity contribution >= 4 is 5.91 Å². The molecule has 0 aromatic carbocycles. The molecule has 0 radical (unpaired) electrons. The molecule has 0 aromatic heterocycles. The fourth-order valence-electron chi connectivity index (χ4n) is 1.78. The number of ether oxygens (including phenoxy) is 1. The van der Waals surface area contributed by atoms with Crippen LogP contribution in [0.4, 0.5) is 0 Å². The summed E-state index contributed by atoms with van der Waals surface area (Å²) >= 11 is 0. The number of nitrogens with zero attached hydrogens (tertiary/aromatic N) is 1. The molecule has 1 atom stereocenters. The summed E-state index contributed by atoms with van der Waals surface area (Å²) < 4.78 is 5.30. The molecule has 0 aromatic rings. The van der Waals surface area contributed by atoms with E-state index in [2.05, 4.69) is 24.1 Å². The Morgan fingerprint density at radius 2 is 2.20 bits per heavy atom. The molecule has 0 saturated carbocycles. The van der Waals surface area contributed by atoms with Crippen molar-refractivity contribution in [2.75, 3.05) is 32.8 Å². The van der Waals surface area contributed by atoms with E-state index in [1.807, 2.05) is 0 Å². The zero-order valence-electron chi connectivity index (χ0n) is 9.79. The molecular formula is C11H22N2O2. The van der Waals surface area contributed by atoms with Crippen LogP contribution in [0.1, 0.15) is 26.7 Å². The topological polar surface area (TPSA) is 41.6 Å². The fraction of sp³-hybridized carbons (Fsp3) is 0.909. The molecule has 1 saturated heterocycles. The summed E-state index contributed by atoms with van der Waals surface area (Å²) in [6, 6.07) is 0. The van der Waals surface area contributed by atoms with Crippen molar-refractivity contribution in [1.29, 1.82) is 0 Å². The summed E-state index contributed by atoms with van der Waals surface area (Å²) in [7, 11) is 0. The lowest BCUT2D eigenvalue weighted by molar-refractivity contribution is -0.130. The third-order valence-electron chi connectivity index (χ3n) is 2.84. The minimum absolute atomic E-state index is 0.0552. The van der Waals surface area contributed by atoms with Gasteiger partial charge in [-0.25, -0.2) is 0 Å². The first kappa shape index (κ1) is 12.5. The quantitative estimate of drug-likeness (QED) is 0.705. The number of carbonyl (C=O) groups excluding carboxylic acids is 1. The highest BCUT2D eigenvalue weighted by molar-refractivity contribution is 5.80. The molecule has 0 bridgehead atoms. The summed E-state index contributed by atoms with van der Waals surface area (Å²) in [5, 5.41) is 2.92. The summed E-state index contributed by atoms with van der Waals surface area (Å²) in [6.07, 6.45) is 1.69. The summed E-state index contributed by atoms with van der Waals surface area (Å²) in [5.74, 6) is 0.0552. The number of carbonyl (C=O) groups is 1. The molecule has 1 aliphatic heterocycles. The molecule has 1 fully saturated rings. The number of hydrogen-bond donors (Lipinski definition) is 1. The maximum absolute atomic E-state index is 11.5. The van der Waals surface area contributed by atoms with Gasteiger partial charge in [-0.2, -0.15) is 0 Å². The average molecular weight is 214 g/mol. The van der Waals surface area contributed by atoms with Crippen LogP contribution < -0.4 is 5.32 Å². The molecule has 1 N–H and O–H groups in total. The van der Waals surface area contributed by atoms with Crippen LogP contribution >= 0.6 is 0 Å². The van der Waals surface area contributed by atoms with E-state index in [0.717, 1.165) is 45.6 Å². The molecule has 4 heteroatoms. The minimum Gasteiger partial charge on any atom is -0.368 e. The van der Waals surface area contributed by atoms with Crippen LogP contribution in [0.2, 0.25) is 0 Å². The van der Waals surface area contributed by atoms with E-state index in [-0.39, 0.29) is 12.0 Å². The van der Waals surface area contributed by atoms with E-state index in [1.165, 1.54) is 0 Å². The zero-order valence-corrected chi connectivity index (χ0v) is 9.79. The Morgan fingerprint density at radius 3 is 2.73 bits per heavy atom. The van der Waals surface area contributed by atoms with Crippen LogP contribution in [0, 0.1) is 0 Å². The highest BCUT2D eigenvalue weighted by Gasteiger charge is 2.22. The third-order valence-corrected chi connectivity index (χ3v) is 2.84.